The number of alkyl halides is 1. The van der Waals surface area contributed by atoms with Crippen LogP contribution in [-0.4, -0.2) is 76.1 Å². The number of carboxylic acid groups (broad SMARTS) is 1. The Bertz CT molecular complexity index is 1620. The van der Waals surface area contributed by atoms with Crippen LogP contribution in [0, 0.1) is 16.7 Å². The number of hydrogen-bond donors (Lipinski definition) is 1. The lowest BCUT2D eigenvalue weighted by atomic mass is 9.74. The van der Waals surface area contributed by atoms with Crippen LogP contribution in [0.3, 0.4) is 0 Å². The number of anilines is 2. The predicted octanol–water partition coefficient (Wildman–Crippen LogP) is 6.54. The molecule has 1 spiro atoms. The van der Waals surface area contributed by atoms with Crippen molar-refractivity contribution in [3.8, 4) is 12.1 Å². The summed E-state index contributed by atoms with van der Waals surface area (Å²) >= 11 is 0. The molecular weight excluding hydrogens is 611 g/mol. The third-order valence-corrected chi connectivity index (χ3v) is 11.6. The molecule has 0 saturated carbocycles. The monoisotopic (exact) mass is 660 g/mol. The second kappa shape index (κ2) is 12.1. The van der Waals surface area contributed by atoms with Crippen LogP contribution in [-0.2, 0) is 29.8 Å². The number of benzene rings is 1. The molecule has 5 aliphatic rings. The zero-order chi connectivity index (χ0) is 33.9. The highest BCUT2D eigenvalue weighted by atomic mass is 19.1. The number of nitriles is 1. The van der Waals surface area contributed by atoms with Crippen molar-refractivity contribution in [3.05, 3.63) is 40.6 Å². The van der Waals surface area contributed by atoms with Gasteiger partial charge in [-0.05, 0) is 109 Å². The van der Waals surface area contributed by atoms with Crippen molar-refractivity contribution < 1.29 is 23.8 Å². The number of amides is 1. The van der Waals surface area contributed by atoms with E-state index in [-0.39, 0.29) is 11.0 Å². The summed E-state index contributed by atoms with van der Waals surface area (Å²) < 4.78 is 28.0. The van der Waals surface area contributed by atoms with Crippen LogP contribution in [0.5, 0.6) is 6.01 Å². The molecule has 10 nitrogen and oxygen atoms in total. The molecule has 2 aromatic rings. The summed E-state index contributed by atoms with van der Waals surface area (Å²) in [6, 6.07) is 8.82. The first-order valence-corrected chi connectivity index (χ1v) is 17.7. The van der Waals surface area contributed by atoms with Crippen molar-refractivity contribution in [2.45, 2.75) is 121 Å². The van der Waals surface area contributed by atoms with Crippen molar-refractivity contribution in [3.63, 3.8) is 0 Å². The normalized spacial score (nSPS) is 30.2. The summed E-state index contributed by atoms with van der Waals surface area (Å²) in [6.07, 6.45) is 6.19. The molecule has 5 heterocycles. The van der Waals surface area contributed by atoms with Crippen LogP contribution in [0.1, 0.15) is 101 Å². The number of rotatable bonds is 5. The Morgan fingerprint density at radius 2 is 1.98 bits per heavy atom. The number of aromatic nitrogens is 2. The fourth-order valence-corrected chi connectivity index (χ4v) is 9.06. The minimum Gasteiger partial charge on any atom is -0.465 e. The molecule has 1 amide bonds. The van der Waals surface area contributed by atoms with E-state index in [1.54, 1.807) is 0 Å². The Morgan fingerprint density at radius 1 is 1.17 bits per heavy atom. The van der Waals surface area contributed by atoms with Gasteiger partial charge in [-0.3, -0.25) is 9.80 Å². The number of hydrogen-bond acceptors (Lipinski definition) is 8. The van der Waals surface area contributed by atoms with E-state index in [1.165, 1.54) is 10.5 Å². The minimum absolute atomic E-state index is 0.311. The number of ether oxygens (including phenoxy) is 2. The van der Waals surface area contributed by atoms with Gasteiger partial charge in [-0.1, -0.05) is 6.07 Å². The summed E-state index contributed by atoms with van der Waals surface area (Å²) in [7, 11) is 0. The Hall–Kier alpha value is -3.49. The smallest absolute Gasteiger partial charge is 0.412 e. The predicted molar refractivity (Wildman–Crippen MR) is 180 cm³/mol. The van der Waals surface area contributed by atoms with Crippen LogP contribution in [0.4, 0.5) is 20.7 Å². The summed E-state index contributed by atoms with van der Waals surface area (Å²) in [4.78, 5) is 28.4. The molecule has 0 bridgehead atoms. The summed E-state index contributed by atoms with van der Waals surface area (Å²) in [5, 5.41) is 20.1. The van der Waals surface area contributed by atoms with Crippen molar-refractivity contribution >= 4 is 17.6 Å². The molecule has 3 saturated heterocycles. The average Bonchev–Trinajstić information content (AvgIpc) is 3.48. The molecule has 48 heavy (non-hydrogen) atoms. The van der Waals surface area contributed by atoms with E-state index >= 15 is 0 Å². The maximum Gasteiger partial charge on any atom is 0.412 e. The van der Waals surface area contributed by atoms with Gasteiger partial charge in [0, 0.05) is 49.3 Å². The lowest BCUT2D eigenvalue weighted by Crippen LogP contribution is -2.46. The molecule has 0 unspecified atom stereocenters. The molecule has 7 rings (SSSR count). The van der Waals surface area contributed by atoms with Crippen molar-refractivity contribution in [2.24, 2.45) is 5.41 Å². The largest absolute Gasteiger partial charge is 0.465 e. The van der Waals surface area contributed by atoms with Gasteiger partial charge >= 0.3 is 12.1 Å². The zero-order valence-electron chi connectivity index (χ0n) is 28.9. The quantitative estimate of drug-likeness (QED) is 0.382. The van der Waals surface area contributed by atoms with Crippen molar-refractivity contribution in [1.29, 1.82) is 5.26 Å². The average molecular weight is 661 g/mol. The van der Waals surface area contributed by atoms with E-state index in [9.17, 15) is 19.6 Å². The molecule has 1 aromatic carbocycles. The van der Waals surface area contributed by atoms with E-state index in [0.29, 0.717) is 50.8 Å². The minimum atomic E-state index is -0.993. The molecular formula is C37H49FN6O4. The van der Waals surface area contributed by atoms with Crippen molar-refractivity contribution in [2.75, 3.05) is 42.6 Å². The van der Waals surface area contributed by atoms with Gasteiger partial charge in [-0.15, -0.1) is 0 Å². The van der Waals surface area contributed by atoms with E-state index in [1.807, 2.05) is 39.8 Å². The standard InChI is InChI=1S/C37H49FN6O4/c1-34(2,3)44(33(45)46)27-10-9-25-8-5-13-37(29(25)18-27)20-30-28(22-48-37)31(42-15-6-11-35(4,23-39)14-17-42)41-32(40-30)47-24-36-12-7-16-43(36)21-26(38)19-36/h9-10,18,26H,5-8,11-17,19-22,24H2,1-4H3,(H,45,46)/t26-,35+,36+,37+/m1/s1. The molecule has 1 N–H and O–H groups in total. The van der Waals surface area contributed by atoms with Crippen LogP contribution in [0.2, 0.25) is 0 Å². The first-order chi connectivity index (χ1) is 22.8. The number of aryl methyl sites for hydroxylation is 1. The summed E-state index contributed by atoms with van der Waals surface area (Å²) in [5.74, 6) is 0.803. The molecule has 11 heteroatoms. The maximum absolute atomic E-state index is 14.6. The van der Waals surface area contributed by atoms with Gasteiger partial charge in [-0.25, -0.2) is 9.18 Å². The molecule has 4 atom stereocenters. The van der Waals surface area contributed by atoms with Gasteiger partial charge in [0.25, 0.3) is 0 Å². The van der Waals surface area contributed by atoms with Gasteiger partial charge in [0.15, 0.2) is 0 Å². The Labute approximate surface area is 283 Å². The number of carbonyl (C=O) groups is 1. The lowest BCUT2D eigenvalue weighted by Gasteiger charge is -2.43. The van der Waals surface area contributed by atoms with Crippen molar-refractivity contribution in [1.82, 2.24) is 14.9 Å². The van der Waals surface area contributed by atoms with Gasteiger partial charge in [0.2, 0.25) is 0 Å². The maximum atomic E-state index is 14.6. The van der Waals surface area contributed by atoms with E-state index < -0.39 is 23.4 Å². The van der Waals surface area contributed by atoms with Gasteiger partial charge in [0.05, 0.1) is 34.9 Å². The third kappa shape index (κ3) is 5.89. The molecule has 258 valence electrons. The molecule has 0 radical (unpaired) electrons. The van der Waals surface area contributed by atoms with Gasteiger partial charge in [-0.2, -0.15) is 15.2 Å². The molecule has 1 aliphatic carbocycles. The van der Waals surface area contributed by atoms with Crippen LogP contribution in [0.25, 0.3) is 0 Å². The number of nitrogens with zero attached hydrogens (tertiary/aromatic N) is 6. The Balaban J connectivity index is 1.26. The lowest BCUT2D eigenvalue weighted by molar-refractivity contribution is -0.0855. The highest BCUT2D eigenvalue weighted by Crippen LogP contribution is 2.48. The highest BCUT2D eigenvalue weighted by molar-refractivity contribution is 5.87. The SMILES string of the molecule is CC(C)(C)N(C(=O)O)c1ccc2c(c1)[C@]1(CCC2)Cc2nc(OC[C@@]34CCCN3C[C@H](F)C4)nc(N3CCC[C@](C)(C#N)CC3)c2CO1. The molecule has 4 aliphatic heterocycles. The molecule has 3 fully saturated rings. The third-order valence-electron chi connectivity index (χ3n) is 11.6. The van der Waals surface area contributed by atoms with E-state index in [0.717, 1.165) is 87.1 Å². The summed E-state index contributed by atoms with van der Waals surface area (Å²) in [5.41, 5.74) is 2.68. The fraction of sp³-hybridized carbons (Fsp3) is 0.676. The topological polar surface area (TPSA) is 115 Å². The number of halogens is 1. The second-order valence-electron chi connectivity index (χ2n) is 16.1. The van der Waals surface area contributed by atoms with Crippen LogP contribution in [0.15, 0.2) is 18.2 Å². The Kier molecular flexibility index (Phi) is 8.35. The van der Waals surface area contributed by atoms with E-state index in [2.05, 4.69) is 21.9 Å². The first-order valence-electron chi connectivity index (χ1n) is 17.7. The zero-order valence-corrected chi connectivity index (χ0v) is 28.9. The second-order valence-corrected chi connectivity index (χ2v) is 16.1. The fourth-order valence-electron chi connectivity index (χ4n) is 9.06. The summed E-state index contributed by atoms with van der Waals surface area (Å²) in [6.45, 7) is 11.2. The molecule has 1 aromatic heterocycles. The first kappa shape index (κ1) is 33.0. The Morgan fingerprint density at radius 3 is 2.75 bits per heavy atom. The van der Waals surface area contributed by atoms with Crippen LogP contribution >= 0.6 is 0 Å². The highest BCUT2D eigenvalue weighted by Gasteiger charge is 2.50. The number of fused-ring (bicyclic) bond motifs is 4. The van der Waals surface area contributed by atoms with Gasteiger partial charge < -0.3 is 19.5 Å². The van der Waals surface area contributed by atoms with Gasteiger partial charge in [0.1, 0.15) is 18.6 Å². The van der Waals surface area contributed by atoms with Crippen LogP contribution < -0.4 is 14.5 Å². The van der Waals surface area contributed by atoms with E-state index in [4.69, 9.17) is 19.4 Å².